The average molecular weight is 400 g/mol. The summed E-state index contributed by atoms with van der Waals surface area (Å²) in [6, 6.07) is 6.97. The van der Waals surface area contributed by atoms with Crippen LogP contribution >= 0.6 is 11.6 Å². The van der Waals surface area contributed by atoms with Crippen molar-refractivity contribution < 1.29 is 17.5 Å². The van der Waals surface area contributed by atoms with Gasteiger partial charge in [0.15, 0.2) is 0 Å². The lowest BCUT2D eigenvalue weighted by molar-refractivity contribution is -0.00539. The molecular weight excluding hydrogens is 381 g/mol. The molecule has 1 aromatic carbocycles. The maximum Gasteiger partial charge on any atom is 0.263 e. The number of hydrogen-bond acceptors (Lipinski definition) is 5. The molecule has 6 nitrogen and oxygen atoms in total. The maximum atomic E-state index is 14.6. The van der Waals surface area contributed by atoms with Gasteiger partial charge in [-0.05, 0) is 38.1 Å². The predicted octanol–water partition coefficient (Wildman–Crippen LogP) is 3.29. The molecule has 26 heavy (non-hydrogen) atoms. The molecule has 0 aliphatic carbocycles. The van der Waals surface area contributed by atoms with E-state index in [2.05, 4.69) is 9.71 Å². The van der Waals surface area contributed by atoms with Gasteiger partial charge < -0.3 is 9.64 Å². The van der Waals surface area contributed by atoms with E-state index in [1.165, 1.54) is 24.3 Å². The van der Waals surface area contributed by atoms with E-state index in [0.29, 0.717) is 18.8 Å². The summed E-state index contributed by atoms with van der Waals surface area (Å²) in [4.78, 5) is 5.59. The highest BCUT2D eigenvalue weighted by Gasteiger charge is 2.24. The van der Waals surface area contributed by atoms with Gasteiger partial charge in [-0.25, -0.2) is 17.8 Å². The molecule has 0 saturated carbocycles. The third-order valence-corrected chi connectivity index (χ3v) is 5.56. The first-order valence-electron chi connectivity index (χ1n) is 8.09. The van der Waals surface area contributed by atoms with Crippen LogP contribution in [0.4, 0.5) is 15.8 Å². The van der Waals surface area contributed by atoms with Crippen LogP contribution in [-0.2, 0) is 14.8 Å². The Morgan fingerprint density at radius 1 is 1.23 bits per heavy atom. The second-order valence-electron chi connectivity index (χ2n) is 6.25. The lowest BCUT2D eigenvalue weighted by Crippen LogP contribution is -2.45. The normalized spacial score (nSPS) is 20.8. The zero-order valence-electron chi connectivity index (χ0n) is 14.3. The molecular formula is C17H19ClFN3O3S. The van der Waals surface area contributed by atoms with Gasteiger partial charge in [0, 0.05) is 25.4 Å². The zero-order valence-corrected chi connectivity index (χ0v) is 15.9. The summed E-state index contributed by atoms with van der Waals surface area (Å²) in [6.07, 6.45) is 1.13. The van der Waals surface area contributed by atoms with Crippen molar-refractivity contribution in [3.8, 4) is 0 Å². The van der Waals surface area contributed by atoms with Gasteiger partial charge in [0.1, 0.15) is 15.9 Å². The quantitative estimate of drug-likeness (QED) is 0.799. The molecule has 0 amide bonds. The third-order valence-electron chi connectivity index (χ3n) is 3.97. The van der Waals surface area contributed by atoms with E-state index in [1.54, 1.807) is 6.07 Å². The highest BCUT2D eigenvalue weighted by Crippen LogP contribution is 2.27. The number of rotatable bonds is 4. The lowest BCUT2D eigenvalue weighted by atomic mass is 10.2. The van der Waals surface area contributed by atoms with E-state index >= 15 is 0 Å². The summed E-state index contributed by atoms with van der Waals surface area (Å²) < 4.78 is 47.3. The lowest BCUT2D eigenvalue weighted by Gasteiger charge is -2.37. The third kappa shape index (κ3) is 4.25. The summed E-state index contributed by atoms with van der Waals surface area (Å²) in [5.74, 6) is -0.499. The number of nitrogens with one attached hydrogen (secondary N) is 1. The second kappa shape index (κ2) is 7.38. The number of aromatic nitrogens is 1. The van der Waals surface area contributed by atoms with Crippen LogP contribution in [-0.4, -0.2) is 38.7 Å². The Hall–Kier alpha value is -1.90. The Morgan fingerprint density at radius 2 is 1.92 bits per heavy atom. The van der Waals surface area contributed by atoms with E-state index in [9.17, 15) is 12.8 Å². The second-order valence-corrected chi connectivity index (χ2v) is 8.32. The minimum Gasteiger partial charge on any atom is -0.372 e. The van der Waals surface area contributed by atoms with Crippen molar-refractivity contribution >= 4 is 33.0 Å². The van der Waals surface area contributed by atoms with Crippen LogP contribution in [0.5, 0.6) is 0 Å². The van der Waals surface area contributed by atoms with Crippen LogP contribution in [0.25, 0.3) is 0 Å². The number of hydrogen-bond donors (Lipinski definition) is 1. The molecule has 2 unspecified atom stereocenters. The summed E-state index contributed by atoms with van der Waals surface area (Å²) in [6.45, 7) is 5.01. The molecule has 0 bridgehead atoms. The van der Waals surface area contributed by atoms with Gasteiger partial charge in [-0.2, -0.15) is 0 Å². The molecule has 3 rings (SSSR count). The summed E-state index contributed by atoms with van der Waals surface area (Å²) in [5, 5.41) is 0.188. The molecule has 1 aliphatic heterocycles. The monoisotopic (exact) mass is 399 g/mol. The van der Waals surface area contributed by atoms with Crippen molar-refractivity contribution in [2.24, 2.45) is 0 Å². The fraction of sp³-hybridized carbons (Fsp3) is 0.353. The molecule has 2 atom stereocenters. The van der Waals surface area contributed by atoms with Gasteiger partial charge in [-0.3, -0.25) is 4.72 Å². The van der Waals surface area contributed by atoms with E-state index in [0.717, 1.165) is 6.20 Å². The van der Waals surface area contributed by atoms with Crippen molar-refractivity contribution in [1.29, 1.82) is 0 Å². The Balaban J connectivity index is 1.80. The molecule has 1 saturated heterocycles. The molecule has 1 aliphatic rings. The topological polar surface area (TPSA) is 71.5 Å². The standard InChI is InChI=1S/C17H19ClFN3O3S/c1-11-9-22(10-12(2)25-11)16-5-3-13(7-15(16)19)21-26(23,24)14-4-6-17(18)20-8-14/h3-8,11-12,21H,9-10H2,1-2H3. The number of ether oxygens (including phenoxy) is 1. The summed E-state index contributed by atoms with van der Waals surface area (Å²) in [5.41, 5.74) is 0.554. The minimum absolute atomic E-state index is 0.00580. The van der Waals surface area contributed by atoms with Crippen LogP contribution < -0.4 is 9.62 Å². The van der Waals surface area contributed by atoms with Crippen molar-refractivity contribution in [2.75, 3.05) is 22.7 Å². The average Bonchev–Trinajstić information content (AvgIpc) is 2.54. The highest BCUT2D eigenvalue weighted by atomic mass is 35.5. The smallest absolute Gasteiger partial charge is 0.263 e. The summed E-state index contributed by atoms with van der Waals surface area (Å²) >= 11 is 5.66. The molecule has 9 heteroatoms. The van der Waals surface area contributed by atoms with Crippen LogP contribution in [0.1, 0.15) is 13.8 Å². The molecule has 2 aromatic rings. The number of sulfonamides is 1. The van der Waals surface area contributed by atoms with Gasteiger partial charge in [0.05, 0.1) is 23.6 Å². The van der Waals surface area contributed by atoms with Crippen molar-refractivity contribution in [3.63, 3.8) is 0 Å². The first-order valence-corrected chi connectivity index (χ1v) is 9.95. The number of morpholine rings is 1. The first-order chi connectivity index (χ1) is 12.2. The number of pyridine rings is 1. The highest BCUT2D eigenvalue weighted by molar-refractivity contribution is 7.92. The van der Waals surface area contributed by atoms with E-state index < -0.39 is 15.8 Å². The Bertz CT molecular complexity index is 883. The van der Waals surface area contributed by atoms with Gasteiger partial charge in [0.25, 0.3) is 10.0 Å². The van der Waals surface area contributed by atoms with Gasteiger partial charge >= 0.3 is 0 Å². The molecule has 140 valence electrons. The Morgan fingerprint density at radius 3 is 2.50 bits per heavy atom. The van der Waals surface area contributed by atoms with Gasteiger partial charge in [0.2, 0.25) is 0 Å². The van der Waals surface area contributed by atoms with Crippen LogP contribution in [0.2, 0.25) is 5.15 Å². The molecule has 1 aromatic heterocycles. The fourth-order valence-corrected chi connectivity index (χ4v) is 4.04. The molecule has 1 N–H and O–H groups in total. The summed E-state index contributed by atoms with van der Waals surface area (Å²) in [7, 11) is -3.87. The molecule has 0 spiro atoms. The molecule has 2 heterocycles. The first kappa shape index (κ1) is 18.9. The molecule has 0 radical (unpaired) electrons. The van der Waals surface area contributed by atoms with E-state index in [4.69, 9.17) is 16.3 Å². The van der Waals surface area contributed by atoms with E-state index in [-0.39, 0.29) is 27.9 Å². The number of benzene rings is 1. The minimum atomic E-state index is -3.87. The fourth-order valence-electron chi connectivity index (χ4n) is 2.94. The Kier molecular flexibility index (Phi) is 5.36. The predicted molar refractivity (Wildman–Crippen MR) is 98.7 cm³/mol. The largest absolute Gasteiger partial charge is 0.372 e. The van der Waals surface area contributed by atoms with Crippen molar-refractivity contribution in [2.45, 2.75) is 31.0 Å². The Labute approximate surface area is 157 Å². The zero-order chi connectivity index (χ0) is 18.9. The van der Waals surface area contributed by atoms with Crippen molar-refractivity contribution in [3.05, 3.63) is 47.5 Å². The van der Waals surface area contributed by atoms with Crippen LogP contribution in [0, 0.1) is 5.82 Å². The van der Waals surface area contributed by atoms with Crippen LogP contribution in [0.15, 0.2) is 41.4 Å². The molecule has 1 fully saturated rings. The number of nitrogens with zero attached hydrogens (tertiary/aromatic N) is 2. The SMILES string of the molecule is CC1CN(c2ccc(NS(=O)(=O)c3ccc(Cl)nc3)cc2F)CC(C)O1. The van der Waals surface area contributed by atoms with Gasteiger partial charge in [-0.15, -0.1) is 0 Å². The number of halogens is 2. The van der Waals surface area contributed by atoms with E-state index in [1.807, 2.05) is 18.7 Å². The van der Waals surface area contributed by atoms with Crippen LogP contribution in [0.3, 0.4) is 0 Å². The van der Waals surface area contributed by atoms with Gasteiger partial charge in [-0.1, -0.05) is 11.6 Å². The maximum absolute atomic E-state index is 14.6. The van der Waals surface area contributed by atoms with Crippen molar-refractivity contribution in [1.82, 2.24) is 4.98 Å². The number of anilines is 2.